The maximum Gasteiger partial charge on any atom is 0.334 e. The molecule has 1 fully saturated rings. The molecule has 1 atom stereocenters. The molecular weight excluding hydrogens is 270 g/mol. The molecule has 0 aliphatic carbocycles. The molecule has 0 aromatic rings. The summed E-state index contributed by atoms with van der Waals surface area (Å²) in [6.45, 7) is 3.94. The maximum atomic E-state index is 11.9. The van der Waals surface area contributed by atoms with Crippen molar-refractivity contribution in [2.45, 2.75) is 77.2 Å². The van der Waals surface area contributed by atoms with Crippen LogP contribution in [-0.2, 0) is 19.1 Å². The molecule has 120 valence electrons. The van der Waals surface area contributed by atoms with Crippen LogP contribution in [0.4, 0.5) is 0 Å². The highest BCUT2D eigenvalue weighted by molar-refractivity contribution is 5.97. The second-order valence-corrected chi connectivity index (χ2v) is 6.03. The van der Waals surface area contributed by atoms with Crippen LogP contribution in [0, 0.1) is 0 Å². The third-order valence-corrected chi connectivity index (χ3v) is 3.87. The summed E-state index contributed by atoms with van der Waals surface area (Å²) >= 11 is 0. The van der Waals surface area contributed by atoms with Gasteiger partial charge in [0.15, 0.2) is 0 Å². The number of hydrogen-bond acceptors (Lipinski definition) is 5. The molecule has 1 saturated heterocycles. The fraction of sp³-hybridized carbons (Fsp3) is 0.812. The average molecular weight is 297 g/mol. The van der Waals surface area contributed by atoms with E-state index < -0.39 is 17.5 Å². The summed E-state index contributed by atoms with van der Waals surface area (Å²) in [5.41, 5.74) is -1.03. The van der Waals surface area contributed by atoms with E-state index in [1.165, 1.54) is 25.7 Å². The van der Waals surface area contributed by atoms with Gasteiger partial charge in [0, 0.05) is 12.8 Å². The Bertz CT molecular complexity index is 380. The first kappa shape index (κ1) is 17.8. The highest BCUT2D eigenvalue weighted by atomic mass is 16.6. The normalized spacial score (nSPS) is 21.5. The molecule has 0 spiro atoms. The van der Waals surface area contributed by atoms with Crippen molar-refractivity contribution in [1.29, 1.82) is 0 Å². The number of rotatable bonds is 9. The van der Waals surface area contributed by atoms with Gasteiger partial charge in [0.05, 0.1) is 6.54 Å². The molecule has 1 heterocycles. The van der Waals surface area contributed by atoms with Gasteiger partial charge >= 0.3 is 11.9 Å². The van der Waals surface area contributed by atoms with Crippen molar-refractivity contribution >= 4 is 17.7 Å². The molecule has 0 amide bonds. The Labute approximate surface area is 126 Å². The van der Waals surface area contributed by atoms with Gasteiger partial charge in [0.1, 0.15) is 11.3 Å². The van der Waals surface area contributed by atoms with Crippen LogP contribution in [0.3, 0.4) is 0 Å². The molecule has 1 aliphatic heterocycles. The third-order valence-electron chi connectivity index (χ3n) is 3.87. The van der Waals surface area contributed by atoms with Gasteiger partial charge in [-0.1, -0.05) is 45.4 Å². The Hall–Kier alpha value is -1.23. The van der Waals surface area contributed by atoms with Crippen molar-refractivity contribution in [3.63, 3.8) is 0 Å². The summed E-state index contributed by atoms with van der Waals surface area (Å²) in [5.74, 6) is -1.16. The predicted molar refractivity (Wildman–Crippen MR) is 79.7 cm³/mol. The van der Waals surface area contributed by atoms with Crippen LogP contribution in [-0.4, -0.2) is 29.8 Å². The van der Waals surface area contributed by atoms with Gasteiger partial charge in [-0.15, -0.1) is 0 Å². The highest BCUT2D eigenvalue weighted by Gasteiger charge is 2.42. The Morgan fingerprint density at radius 2 is 1.76 bits per heavy atom. The van der Waals surface area contributed by atoms with Gasteiger partial charge < -0.3 is 4.74 Å². The summed E-state index contributed by atoms with van der Waals surface area (Å²) in [7, 11) is 0. The Kier molecular flexibility index (Phi) is 7.57. The summed E-state index contributed by atoms with van der Waals surface area (Å²) in [6, 6.07) is 0. The zero-order chi connectivity index (χ0) is 15.7. The molecule has 1 aliphatic rings. The Morgan fingerprint density at radius 3 is 2.33 bits per heavy atom. The SMILES string of the molecule is CCCCCCCCCC(=O)OC(=O)[C@]1(C)CC(=O)CN1. The van der Waals surface area contributed by atoms with Crippen LogP contribution in [0.15, 0.2) is 0 Å². The minimum atomic E-state index is -1.03. The van der Waals surface area contributed by atoms with Gasteiger partial charge in [-0.05, 0) is 13.3 Å². The molecule has 21 heavy (non-hydrogen) atoms. The lowest BCUT2D eigenvalue weighted by Crippen LogP contribution is -2.46. The summed E-state index contributed by atoms with van der Waals surface area (Å²) in [5, 5.41) is 2.81. The molecular formula is C16H27NO4. The zero-order valence-corrected chi connectivity index (χ0v) is 13.2. The number of ether oxygens (including phenoxy) is 1. The number of esters is 2. The van der Waals surface area contributed by atoms with E-state index in [2.05, 4.69) is 12.2 Å². The molecule has 0 aromatic heterocycles. The first-order chi connectivity index (χ1) is 9.98. The molecule has 0 bridgehead atoms. The number of ketones is 1. The van der Waals surface area contributed by atoms with Crippen LogP contribution >= 0.6 is 0 Å². The van der Waals surface area contributed by atoms with Crippen molar-refractivity contribution in [3.05, 3.63) is 0 Å². The van der Waals surface area contributed by atoms with Crippen molar-refractivity contribution in [1.82, 2.24) is 5.32 Å². The molecule has 5 heteroatoms. The van der Waals surface area contributed by atoms with Crippen molar-refractivity contribution in [2.75, 3.05) is 6.54 Å². The maximum absolute atomic E-state index is 11.9. The van der Waals surface area contributed by atoms with E-state index in [9.17, 15) is 14.4 Å². The largest absolute Gasteiger partial charge is 0.392 e. The minimum Gasteiger partial charge on any atom is -0.392 e. The third kappa shape index (κ3) is 6.38. The quantitative estimate of drug-likeness (QED) is 0.402. The van der Waals surface area contributed by atoms with E-state index in [1.807, 2.05) is 0 Å². The monoisotopic (exact) mass is 297 g/mol. The Balaban J connectivity index is 2.13. The fourth-order valence-electron chi connectivity index (χ4n) is 2.45. The summed E-state index contributed by atoms with van der Waals surface area (Å²) in [4.78, 5) is 34.7. The minimum absolute atomic E-state index is 0.0334. The molecule has 1 N–H and O–H groups in total. The smallest absolute Gasteiger partial charge is 0.334 e. The number of carbonyl (C=O) groups excluding carboxylic acids is 3. The predicted octanol–water partition coefficient (Wildman–Crippen LogP) is 2.52. The molecule has 0 unspecified atom stereocenters. The van der Waals surface area contributed by atoms with Crippen LogP contribution in [0.1, 0.15) is 71.6 Å². The van der Waals surface area contributed by atoms with E-state index in [1.54, 1.807) is 6.92 Å². The van der Waals surface area contributed by atoms with Gasteiger partial charge in [0.25, 0.3) is 0 Å². The molecule has 0 aromatic carbocycles. The zero-order valence-electron chi connectivity index (χ0n) is 13.2. The van der Waals surface area contributed by atoms with E-state index in [4.69, 9.17) is 4.74 Å². The van der Waals surface area contributed by atoms with Crippen LogP contribution in [0.25, 0.3) is 0 Å². The lowest BCUT2D eigenvalue weighted by atomic mass is 10.0. The van der Waals surface area contributed by atoms with Crippen molar-refractivity contribution in [3.8, 4) is 0 Å². The topological polar surface area (TPSA) is 72.5 Å². The van der Waals surface area contributed by atoms with E-state index in [-0.39, 0.29) is 25.2 Å². The molecule has 0 radical (unpaired) electrons. The standard InChI is InChI=1S/C16H27NO4/c1-3-4-5-6-7-8-9-10-14(19)21-15(20)16(2)11-13(18)12-17-16/h17H,3-12H2,1-2H3/t16-/m0/s1. The van der Waals surface area contributed by atoms with Gasteiger partial charge in [-0.25, -0.2) is 4.79 Å². The fourth-order valence-corrected chi connectivity index (χ4v) is 2.45. The first-order valence-corrected chi connectivity index (χ1v) is 8.00. The lowest BCUT2D eigenvalue weighted by Gasteiger charge is -2.19. The van der Waals surface area contributed by atoms with Crippen molar-refractivity contribution in [2.24, 2.45) is 0 Å². The first-order valence-electron chi connectivity index (χ1n) is 8.00. The average Bonchev–Trinajstić information content (AvgIpc) is 2.79. The van der Waals surface area contributed by atoms with Crippen molar-refractivity contribution < 1.29 is 19.1 Å². The molecule has 0 saturated carbocycles. The van der Waals surface area contributed by atoms with E-state index >= 15 is 0 Å². The number of nitrogens with one attached hydrogen (secondary N) is 1. The van der Waals surface area contributed by atoms with Gasteiger partial charge in [-0.2, -0.15) is 0 Å². The number of unbranched alkanes of at least 4 members (excludes halogenated alkanes) is 6. The number of Topliss-reactive ketones (excluding diaryl/α,β-unsaturated/α-hetero) is 1. The number of hydrogen-bond donors (Lipinski definition) is 1. The highest BCUT2D eigenvalue weighted by Crippen LogP contribution is 2.18. The van der Waals surface area contributed by atoms with Crippen LogP contribution < -0.4 is 5.32 Å². The molecule has 1 rings (SSSR count). The molecule has 5 nitrogen and oxygen atoms in total. The van der Waals surface area contributed by atoms with E-state index in [0.717, 1.165) is 19.3 Å². The Morgan fingerprint density at radius 1 is 1.14 bits per heavy atom. The van der Waals surface area contributed by atoms with Crippen LogP contribution in [0.5, 0.6) is 0 Å². The lowest BCUT2D eigenvalue weighted by molar-refractivity contribution is -0.164. The van der Waals surface area contributed by atoms with E-state index in [0.29, 0.717) is 0 Å². The second-order valence-electron chi connectivity index (χ2n) is 6.03. The second kappa shape index (κ2) is 8.93. The van der Waals surface area contributed by atoms with Crippen LogP contribution in [0.2, 0.25) is 0 Å². The van der Waals surface area contributed by atoms with Gasteiger partial charge in [-0.3, -0.25) is 14.9 Å². The number of carbonyl (C=O) groups is 3. The van der Waals surface area contributed by atoms with Gasteiger partial charge in [0.2, 0.25) is 0 Å². The summed E-state index contributed by atoms with van der Waals surface area (Å²) in [6.07, 6.45) is 8.16. The summed E-state index contributed by atoms with van der Waals surface area (Å²) < 4.78 is 4.84.